The number of rotatable bonds is 1. The van der Waals surface area contributed by atoms with Gasteiger partial charge in [0.2, 0.25) is 0 Å². The average Bonchev–Trinajstić information content (AvgIpc) is 2.53. The molecule has 0 saturated heterocycles. The number of halogens is 2. The lowest BCUT2D eigenvalue weighted by Crippen LogP contribution is -1.80. The van der Waals surface area contributed by atoms with E-state index in [1.54, 1.807) is 6.20 Å². The fourth-order valence-electron chi connectivity index (χ4n) is 1.09. The highest BCUT2D eigenvalue weighted by Crippen LogP contribution is 2.25. The van der Waals surface area contributed by atoms with Crippen LogP contribution in [0.4, 0.5) is 0 Å². The van der Waals surface area contributed by atoms with Gasteiger partial charge in [-0.2, -0.15) is 0 Å². The molecule has 0 atom stereocenters. The van der Waals surface area contributed by atoms with E-state index in [0.29, 0.717) is 16.0 Å². The Kier molecular flexibility index (Phi) is 2.25. The molecule has 2 rings (SSSR count). The van der Waals surface area contributed by atoms with Gasteiger partial charge >= 0.3 is 0 Å². The largest absolute Gasteiger partial charge is 0.329 e. The number of H-pyrrole nitrogens is 1. The van der Waals surface area contributed by atoms with Crippen LogP contribution in [0.15, 0.2) is 30.5 Å². The summed E-state index contributed by atoms with van der Waals surface area (Å²) in [5.74, 6) is 0.690. The van der Waals surface area contributed by atoms with E-state index >= 15 is 0 Å². The lowest BCUT2D eigenvalue weighted by Gasteiger charge is -1.98. The third-order valence-electron chi connectivity index (χ3n) is 1.67. The molecule has 0 amide bonds. The second-order valence-electron chi connectivity index (χ2n) is 2.56. The van der Waals surface area contributed by atoms with Gasteiger partial charge in [-0.25, -0.2) is 4.98 Å². The van der Waals surface area contributed by atoms with Crippen molar-refractivity contribution in [1.82, 2.24) is 9.97 Å². The first kappa shape index (κ1) is 8.60. The second kappa shape index (κ2) is 3.40. The molecular weight excluding hydrogens is 207 g/mol. The zero-order chi connectivity index (χ0) is 9.26. The van der Waals surface area contributed by atoms with E-state index < -0.39 is 0 Å². The Bertz CT molecular complexity index is 423. The van der Waals surface area contributed by atoms with Crippen molar-refractivity contribution >= 4 is 23.2 Å². The number of benzene rings is 1. The van der Waals surface area contributed by atoms with E-state index in [4.69, 9.17) is 23.2 Å². The Balaban J connectivity index is 2.52. The maximum absolute atomic E-state index is 5.96. The third-order valence-corrected chi connectivity index (χ3v) is 2.20. The molecule has 1 aromatic heterocycles. The predicted octanol–water partition coefficient (Wildman–Crippen LogP) is 3.38. The minimum absolute atomic E-state index is 0.509. The maximum atomic E-state index is 5.96. The van der Waals surface area contributed by atoms with Gasteiger partial charge in [-0.15, -0.1) is 0 Å². The first-order valence-corrected chi connectivity index (χ1v) is 4.48. The minimum atomic E-state index is 0.509. The smallest absolute Gasteiger partial charge is 0.139 e. The molecule has 2 aromatic rings. The normalized spacial score (nSPS) is 10.3. The Morgan fingerprint density at radius 1 is 1.15 bits per heavy atom. The van der Waals surface area contributed by atoms with Crippen LogP contribution in [-0.2, 0) is 0 Å². The van der Waals surface area contributed by atoms with Crippen LogP contribution in [0.25, 0.3) is 11.4 Å². The fourth-order valence-corrected chi connectivity index (χ4v) is 1.45. The van der Waals surface area contributed by atoms with Gasteiger partial charge in [0.05, 0.1) is 11.2 Å². The zero-order valence-electron chi connectivity index (χ0n) is 6.59. The van der Waals surface area contributed by atoms with Crippen LogP contribution in [0.5, 0.6) is 0 Å². The van der Waals surface area contributed by atoms with Crippen molar-refractivity contribution in [2.75, 3.05) is 0 Å². The van der Waals surface area contributed by atoms with Crippen LogP contribution in [0, 0.1) is 0 Å². The van der Waals surface area contributed by atoms with Gasteiger partial charge in [0.25, 0.3) is 0 Å². The minimum Gasteiger partial charge on any atom is -0.329 e. The van der Waals surface area contributed by atoms with Crippen LogP contribution in [0.2, 0.25) is 10.2 Å². The van der Waals surface area contributed by atoms with Crippen molar-refractivity contribution < 1.29 is 0 Å². The SMILES string of the molecule is Clc1cnc(-c2ccccc2Cl)[nH]1. The molecule has 66 valence electrons. The van der Waals surface area contributed by atoms with Gasteiger partial charge < -0.3 is 4.98 Å². The highest BCUT2D eigenvalue weighted by atomic mass is 35.5. The van der Waals surface area contributed by atoms with Gasteiger partial charge in [0.15, 0.2) is 0 Å². The van der Waals surface area contributed by atoms with Crippen LogP contribution in [-0.4, -0.2) is 9.97 Å². The molecule has 0 radical (unpaired) electrons. The van der Waals surface area contributed by atoms with E-state index in [9.17, 15) is 0 Å². The van der Waals surface area contributed by atoms with Gasteiger partial charge in [0.1, 0.15) is 11.0 Å². The summed E-state index contributed by atoms with van der Waals surface area (Å²) in [5.41, 5.74) is 0.857. The van der Waals surface area contributed by atoms with Crippen molar-refractivity contribution in [3.8, 4) is 11.4 Å². The summed E-state index contributed by atoms with van der Waals surface area (Å²) in [4.78, 5) is 6.98. The summed E-state index contributed by atoms with van der Waals surface area (Å²) < 4.78 is 0. The van der Waals surface area contributed by atoms with Crippen LogP contribution in [0.1, 0.15) is 0 Å². The van der Waals surface area contributed by atoms with Crippen LogP contribution < -0.4 is 0 Å². The van der Waals surface area contributed by atoms with Crippen LogP contribution >= 0.6 is 23.2 Å². The van der Waals surface area contributed by atoms with Crippen LogP contribution in [0.3, 0.4) is 0 Å². The third kappa shape index (κ3) is 1.69. The lowest BCUT2D eigenvalue weighted by molar-refractivity contribution is 1.31. The van der Waals surface area contributed by atoms with Crippen molar-refractivity contribution in [2.24, 2.45) is 0 Å². The summed E-state index contributed by atoms with van der Waals surface area (Å²) in [6, 6.07) is 7.47. The molecule has 0 bridgehead atoms. The Hall–Kier alpha value is -0.990. The molecule has 0 fully saturated rings. The molecule has 13 heavy (non-hydrogen) atoms. The molecule has 1 aromatic carbocycles. The first-order valence-electron chi connectivity index (χ1n) is 3.73. The average molecular weight is 213 g/mol. The lowest BCUT2D eigenvalue weighted by atomic mass is 10.2. The molecule has 0 unspecified atom stereocenters. The van der Waals surface area contributed by atoms with Crippen molar-refractivity contribution in [3.63, 3.8) is 0 Å². The van der Waals surface area contributed by atoms with Crippen molar-refractivity contribution in [1.29, 1.82) is 0 Å². The monoisotopic (exact) mass is 212 g/mol. The summed E-state index contributed by atoms with van der Waals surface area (Å²) in [6.07, 6.45) is 1.56. The van der Waals surface area contributed by atoms with E-state index in [1.165, 1.54) is 0 Å². The molecule has 2 nitrogen and oxygen atoms in total. The Morgan fingerprint density at radius 3 is 2.54 bits per heavy atom. The first-order chi connectivity index (χ1) is 6.27. The highest BCUT2D eigenvalue weighted by Gasteiger charge is 2.05. The van der Waals surface area contributed by atoms with Crippen molar-refractivity contribution in [2.45, 2.75) is 0 Å². The molecule has 0 spiro atoms. The molecule has 0 aliphatic carbocycles. The molecule has 1 heterocycles. The number of nitrogens with one attached hydrogen (secondary N) is 1. The van der Waals surface area contributed by atoms with E-state index in [1.807, 2.05) is 24.3 Å². The maximum Gasteiger partial charge on any atom is 0.139 e. The van der Waals surface area contributed by atoms with E-state index in [2.05, 4.69) is 9.97 Å². The Labute approximate surface area is 85.5 Å². The van der Waals surface area contributed by atoms with Gasteiger partial charge in [0, 0.05) is 5.56 Å². The molecule has 1 N–H and O–H groups in total. The zero-order valence-corrected chi connectivity index (χ0v) is 8.10. The number of hydrogen-bond donors (Lipinski definition) is 1. The molecule has 0 aliphatic rings. The van der Waals surface area contributed by atoms with Gasteiger partial charge in [-0.05, 0) is 12.1 Å². The molecular formula is C9H6Cl2N2. The molecule has 0 aliphatic heterocycles. The number of aromatic amines is 1. The summed E-state index contributed by atoms with van der Waals surface area (Å²) >= 11 is 11.7. The number of hydrogen-bond acceptors (Lipinski definition) is 1. The molecule has 0 saturated carbocycles. The quantitative estimate of drug-likeness (QED) is 0.772. The summed E-state index contributed by atoms with van der Waals surface area (Å²) in [5, 5.41) is 1.17. The highest BCUT2D eigenvalue weighted by molar-refractivity contribution is 6.33. The van der Waals surface area contributed by atoms with E-state index in [0.717, 1.165) is 5.56 Å². The summed E-state index contributed by atoms with van der Waals surface area (Å²) in [6.45, 7) is 0. The summed E-state index contributed by atoms with van der Waals surface area (Å²) in [7, 11) is 0. The standard InChI is InChI=1S/C9H6Cl2N2/c10-7-4-2-1-3-6(7)9-12-5-8(11)13-9/h1-5H,(H,12,13). The van der Waals surface area contributed by atoms with Gasteiger partial charge in [-0.1, -0.05) is 35.3 Å². The number of imidazole rings is 1. The van der Waals surface area contributed by atoms with Crippen molar-refractivity contribution in [3.05, 3.63) is 40.6 Å². The fraction of sp³-hybridized carbons (Fsp3) is 0. The predicted molar refractivity (Wildman–Crippen MR) is 54.0 cm³/mol. The van der Waals surface area contributed by atoms with E-state index in [-0.39, 0.29) is 0 Å². The molecule has 4 heteroatoms. The number of aromatic nitrogens is 2. The van der Waals surface area contributed by atoms with Gasteiger partial charge in [-0.3, -0.25) is 0 Å². The second-order valence-corrected chi connectivity index (χ2v) is 3.37. The number of nitrogens with zero attached hydrogens (tertiary/aromatic N) is 1. The Morgan fingerprint density at radius 2 is 1.92 bits per heavy atom. The topological polar surface area (TPSA) is 28.7 Å².